The van der Waals surface area contributed by atoms with E-state index in [0.29, 0.717) is 5.57 Å². The van der Waals surface area contributed by atoms with Crippen molar-refractivity contribution in [1.82, 2.24) is 0 Å². The maximum atomic E-state index is 10.6. The van der Waals surface area contributed by atoms with Gasteiger partial charge >= 0.3 is 5.97 Å². The van der Waals surface area contributed by atoms with Crippen LogP contribution in [0.15, 0.2) is 11.6 Å². The van der Waals surface area contributed by atoms with Crippen LogP contribution in [0.1, 0.15) is 6.92 Å². The third-order valence-electron chi connectivity index (χ3n) is 1.53. The van der Waals surface area contributed by atoms with Crippen molar-refractivity contribution in [2.45, 2.75) is 18.4 Å². The molecule has 1 heterocycles. The number of cyclic esters (lactones) is 1. The molecule has 0 aromatic carbocycles. The molecule has 1 rings (SSSR count). The lowest BCUT2D eigenvalue weighted by molar-refractivity contribution is -0.306. The van der Waals surface area contributed by atoms with E-state index in [-0.39, 0.29) is 0 Å². The number of halogens is 1. The fourth-order valence-corrected chi connectivity index (χ4v) is 1.18. The maximum Gasteiger partial charge on any atom is 0.331 e. The van der Waals surface area contributed by atoms with Gasteiger partial charge in [0.25, 0.3) is 0 Å². The normalized spacial score (nSPS) is 24.7. The summed E-state index contributed by atoms with van der Waals surface area (Å²) in [5, 5.41) is 8.96. The molecule has 0 spiro atoms. The summed E-state index contributed by atoms with van der Waals surface area (Å²) in [6.45, 7) is 1.58. The molecule has 12 heavy (non-hydrogen) atoms. The van der Waals surface area contributed by atoms with E-state index in [1.165, 1.54) is 6.08 Å². The number of rotatable bonds is 2. The molecule has 0 aliphatic carbocycles. The Morgan fingerprint density at radius 1 is 1.83 bits per heavy atom. The third kappa shape index (κ3) is 1.58. The van der Waals surface area contributed by atoms with Gasteiger partial charge in [-0.05, 0) is 12.5 Å². The Kier molecular flexibility index (Phi) is 2.38. The summed E-state index contributed by atoms with van der Waals surface area (Å²) in [5.41, 5.74) is 0.504. The Morgan fingerprint density at radius 2 is 2.42 bits per heavy atom. The molecule has 0 N–H and O–H groups in total. The molecular weight excluding hydrogens is 184 g/mol. The van der Waals surface area contributed by atoms with Gasteiger partial charge in [0.05, 0.1) is 5.97 Å². The summed E-state index contributed by atoms with van der Waals surface area (Å²) >= 11 is 5.40. The second-order valence-corrected chi connectivity index (χ2v) is 2.94. The van der Waals surface area contributed by atoms with E-state index < -0.39 is 23.4 Å². The molecule has 5 heteroatoms. The van der Waals surface area contributed by atoms with Crippen LogP contribution in [0.3, 0.4) is 0 Å². The molecule has 1 aliphatic heterocycles. The Hall–Kier alpha value is -1.03. The summed E-state index contributed by atoms with van der Waals surface area (Å²) in [6, 6.07) is 0. The first-order valence-electron chi connectivity index (χ1n) is 3.26. The lowest BCUT2D eigenvalue weighted by Gasteiger charge is -2.18. The Bertz CT molecular complexity index is 258. The van der Waals surface area contributed by atoms with Crippen LogP contribution in [0.5, 0.6) is 0 Å². The molecule has 0 aromatic heterocycles. The molecule has 0 fully saturated rings. The van der Waals surface area contributed by atoms with Crippen LogP contribution in [0.4, 0.5) is 0 Å². The molecule has 1 aliphatic rings. The summed E-state index contributed by atoms with van der Waals surface area (Å²) in [5.74, 6) is -2.01. The molecule has 0 saturated carbocycles. The van der Waals surface area contributed by atoms with E-state index in [1.807, 2.05) is 0 Å². The van der Waals surface area contributed by atoms with Gasteiger partial charge in [0.1, 0.15) is 11.5 Å². The number of carbonyl (C=O) groups is 2. The summed E-state index contributed by atoms with van der Waals surface area (Å²) in [4.78, 5) is 20.9. The summed E-state index contributed by atoms with van der Waals surface area (Å²) < 4.78 is 4.61. The average molecular weight is 190 g/mol. The highest BCUT2D eigenvalue weighted by Gasteiger charge is 2.30. The van der Waals surface area contributed by atoms with Crippen molar-refractivity contribution in [3.63, 3.8) is 0 Å². The van der Waals surface area contributed by atoms with Crippen molar-refractivity contribution in [3.05, 3.63) is 11.6 Å². The van der Waals surface area contributed by atoms with Crippen LogP contribution < -0.4 is 5.11 Å². The molecule has 2 atom stereocenters. The van der Waals surface area contributed by atoms with Crippen LogP contribution in [-0.4, -0.2) is 23.4 Å². The monoisotopic (exact) mass is 189 g/mol. The number of aliphatic carboxylic acids is 1. The van der Waals surface area contributed by atoms with E-state index in [0.717, 1.165) is 0 Å². The molecule has 0 saturated heterocycles. The predicted molar refractivity (Wildman–Crippen MR) is 38.3 cm³/mol. The van der Waals surface area contributed by atoms with Crippen LogP contribution in [0.25, 0.3) is 0 Å². The molecule has 66 valence electrons. The lowest BCUT2D eigenvalue weighted by atomic mass is 10.1. The smallest absolute Gasteiger partial charge is 0.331 e. The fraction of sp³-hybridized carbons (Fsp3) is 0.429. The maximum absolute atomic E-state index is 10.6. The van der Waals surface area contributed by atoms with E-state index in [2.05, 4.69) is 4.74 Å². The van der Waals surface area contributed by atoms with Gasteiger partial charge in [-0.15, -0.1) is 11.6 Å². The van der Waals surface area contributed by atoms with Gasteiger partial charge in [0.2, 0.25) is 0 Å². The number of hydrogen-bond donors (Lipinski definition) is 0. The highest BCUT2D eigenvalue weighted by atomic mass is 35.5. The van der Waals surface area contributed by atoms with Gasteiger partial charge in [-0.25, -0.2) is 4.79 Å². The first-order valence-corrected chi connectivity index (χ1v) is 3.69. The zero-order valence-corrected chi connectivity index (χ0v) is 7.00. The topological polar surface area (TPSA) is 66.4 Å². The highest BCUT2D eigenvalue weighted by molar-refractivity contribution is 6.30. The van der Waals surface area contributed by atoms with E-state index in [9.17, 15) is 14.7 Å². The number of carboxylic acid groups (broad SMARTS) is 1. The van der Waals surface area contributed by atoms with Crippen LogP contribution >= 0.6 is 11.6 Å². The van der Waals surface area contributed by atoms with Gasteiger partial charge in [-0.1, -0.05) is 0 Å². The lowest BCUT2D eigenvalue weighted by Crippen LogP contribution is -2.40. The van der Waals surface area contributed by atoms with Crippen molar-refractivity contribution >= 4 is 23.5 Å². The van der Waals surface area contributed by atoms with Crippen molar-refractivity contribution in [1.29, 1.82) is 0 Å². The van der Waals surface area contributed by atoms with Crippen molar-refractivity contribution in [3.8, 4) is 0 Å². The van der Waals surface area contributed by atoms with Gasteiger partial charge in [-0.3, -0.25) is 0 Å². The number of ether oxygens (including phenoxy) is 1. The number of hydrogen-bond acceptors (Lipinski definition) is 4. The van der Waals surface area contributed by atoms with Crippen LogP contribution in [0, 0.1) is 0 Å². The van der Waals surface area contributed by atoms with Crippen LogP contribution in [0.2, 0.25) is 0 Å². The minimum Gasteiger partial charge on any atom is -0.548 e. The van der Waals surface area contributed by atoms with Gasteiger partial charge < -0.3 is 14.6 Å². The quantitative estimate of drug-likeness (QED) is 0.422. The first kappa shape index (κ1) is 9.06. The summed E-state index contributed by atoms with van der Waals surface area (Å²) in [7, 11) is 0. The van der Waals surface area contributed by atoms with Crippen LogP contribution in [-0.2, 0) is 14.3 Å². The molecular formula is C7H6ClO4-. The van der Waals surface area contributed by atoms with Gasteiger partial charge in [0.15, 0.2) is 0 Å². The van der Waals surface area contributed by atoms with E-state index >= 15 is 0 Å². The second kappa shape index (κ2) is 3.15. The zero-order valence-electron chi connectivity index (χ0n) is 6.24. The number of carboxylic acids is 1. The minimum absolute atomic E-state index is 0.504. The van der Waals surface area contributed by atoms with Crippen molar-refractivity contribution < 1.29 is 19.4 Å². The minimum atomic E-state index is -1.44. The average Bonchev–Trinajstić information content (AvgIpc) is 2.28. The summed E-state index contributed by atoms with van der Waals surface area (Å²) in [6.07, 6.45) is 0.326. The zero-order chi connectivity index (χ0) is 9.30. The SMILES string of the molecule is CC1=CC(=O)OC1C(Cl)C(=O)[O-]. The number of alkyl halides is 1. The third-order valence-corrected chi connectivity index (χ3v) is 1.94. The largest absolute Gasteiger partial charge is 0.548 e. The molecule has 0 radical (unpaired) electrons. The molecule has 0 bridgehead atoms. The Labute approximate surface area is 73.8 Å². The van der Waals surface area contributed by atoms with E-state index in [4.69, 9.17) is 11.6 Å². The van der Waals surface area contributed by atoms with Gasteiger partial charge in [0, 0.05) is 6.08 Å². The molecule has 0 amide bonds. The van der Waals surface area contributed by atoms with Crippen molar-refractivity contribution in [2.24, 2.45) is 0 Å². The second-order valence-electron chi connectivity index (χ2n) is 2.47. The first-order chi connectivity index (χ1) is 5.52. The number of esters is 1. The molecule has 0 aromatic rings. The number of carbonyl (C=O) groups excluding carboxylic acids is 2. The highest BCUT2D eigenvalue weighted by Crippen LogP contribution is 2.21. The molecule has 4 nitrogen and oxygen atoms in total. The molecule has 2 unspecified atom stereocenters. The Morgan fingerprint density at radius 3 is 2.75 bits per heavy atom. The van der Waals surface area contributed by atoms with Gasteiger partial charge in [-0.2, -0.15) is 0 Å². The van der Waals surface area contributed by atoms with Crippen molar-refractivity contribution in [2.75, 3.05) is 0 Å². The predicted octanol–water partition coefficient (Wildman–Crippen LogP) is -0.785. The Balaban J connectivity index is 2.73. The standard InChI is InChI=1S/C7H7ClO4/c1-3-2-4(9)12-6(3)5(8)7(10)11/h2,5-6H,1H3,(H,10,11)/p-1. The van der Waals surface area contributed by atoms with E-state index in [1.54, 1.807) is 6.92 Å². The fourth-order valence-electron chi connectivity index (χ4n) is 0.934.